The number of fused-ring (bicyclic) bond motifs is 1. The number of carbonyl (C=O) groups excluding carboxylic acids is 2. The molecule has 0 N–H and O–H groups in total. The Labute approximate surface area is 326 Å². The quantitative estimate of drug-likeness (QED) is 0.210. The highest BCUT2D eigenvalue weighted by Gasteiger charge is 2.36. The molecule has 4 aliphatic heterocycles. The molecule has 0 spiro atoms. The van der Waals surface area contributed by atoms with E-state index in [1.165, 1.54) is 28.3 Å². The first-order valence-corrected chi connectivity index (χ1v) is 22.4. The Hall–Kier alpha value is -3.40. The van der Waals surface area contributed by atoms with Gasteiger partial charge in [0.1, 0.15) is 0 Å². The van der Waals surface area contributed by atoms with Gasteiger partial charge in [0.05, 0.1) is 23.3 Å². The van der Waals surface area contributed by atoms with Gasteiger partial charge in [-0.3, -0.25) is 14.3 Å². The summed E-state index contributed by atoms with van der Waals surface area (Å²) in [5.41, 5.74) is 3.01. The average molecular weight is 801 g/mol. The fourth-order valence-corrected chi connectivity index (χ4v) is 10.5. The topological polar surface area (TPSA) is 99.1 Å². The molecule has 15 heteroatoms. The number of amides is 2. The van der Waals surface area contributed by atoms with Gasteiger partial charge >= 0.3 is 6.18 Å². The zero-order chi connectivity index (χ0) is 38.7. The second kappa shape index (κ2) is 17.0. The molecular weight excluding hydrogens is 750 g/mol. The van der Waals surface area contributed by atoms with Crippen molar-refractivity contribution in [1.82, 2.24) is 28.8 Å². The summed E-state index contributed by atoms with van der Waals surface area (Å²) in [6.07, 6.45) is 3.97. The summed E-state index contributed by atoms with van der Waals surface area (Å²) in [5.74, 6) is 0.434. The molecule has 2 aromatic carbocycles. The number of halogens is 3. The van der Waals surface area contributed by atoms with Crippen LogP contribution in [0, 0.1) is 5.92 Å². The summed E-state index contributed by atoms with van der Waals surface area (Å²) < 4.78 is 71.5. The number of benzene rings is 2. The minimum absolute atomic E-state index is 0.0459. The van der Waals surface area contributed by atoms with Crippen LogP contribution in [0.5, 0.6) is 0 Å². The van der Waals surface area contributed by atoms with E-state index in [2.05, 4.69) is 21.9 Å². The van der Waals surface area contributed by atoms with Crippen molar-refractivity contribution in [3.05, 3.63) is 70.9 Å². The molecule has 10 nitrogen and oxygen atoms in total. The van der Waals surface area contributed by atoms with Gasteiger partial charge in [0.25, 0.3) is 0 Å². The lowest BCUT2D eigenvalue weighted by Gasteiger charge is -2.36. The standard InChI is InChI=1S/C40H51F3N6O4S2/c1-55(52,53)47-24-16-35-33(27-47)39(44-49(35)19-6-17-45-20-14-32(15-21-45)48-18-5-9-37(48)50)31-10-11-34(40(41,42)43)36(26-31)54-28-38(51)46-22-12-30(13-23-46)25-29-7-3-2-4-8-29/h2-4,7-8,10-11,26,30,32H,5-6,9,12-25,27-28H2,1H3. The number of hydrogen-bond donors (Lipinski definition) is 0. The Bertz CT molecular complexity index is 1940. The lowest BCUT2D eigenvalue weighted by molar-refractivity contribution is -0.139. The minimum atomic E-state index is -4.62. The van der Waals surface area contributed by atoms with E-state index in [9.17, 15) is 31.2 Å². The highest BCUT2D eigenvalue weighted by atomic mass is 32.2. The van der Waals surface area contributed by atoms with Gasteiger partial charge in [-0.2, -0.15) is 22.6 Å². The van der Waals surface area contributed by atoms with Gasteiger partial charge in [0, 0.05) is 93.0 Å². The zero-order valence-electron chi connectivity index (χ0n) is 31.5. The van der Waals surface area contributed by atoms with Gasteiger partial charge in [0.2, 0.25) is 21.8 Å². The fraction of sp³-hybridized carbons (Fsp3) is 0.575. The number of thioether (sulfide) groups is 1. The van der Waals surface area contributed by atoms with E-state index < -0.39 is 21.8 Å². The molecule has 3 fully saturated rings. The SMILES string of the molecule is CS(=O)(=O)N1CCc2c(c(-c3ccc(C(F)(F)F)c(SCC(=O)N4CCC(Cc5ccccc5)CC4)c3)nn2CCCN2CCC(N3CCCC3=O)CC2)C1. The van der Waals surface area contributed by atoms with Crippen molar-refractivity contribution >= 4 is 33.6 Å². The summed E-state index contributed by atoms with van der Waals surface area (Å²) in [5, 5.41) is 4.94. The molecule has 5 heterocycles. The number of alkyl halides is 3. The number of aryl methyl sites for hydroxylation is 1. The maximum Gasteiger partial charge on any atom is 0.417 e. The van der Waals surface area contributed by atoms with Gasteiger partial charge in [-0.1, -0.05) is 36.4 Å². The molecular formula is C40H51F3N6O4S2. The van der Waals surface area contributed by atoms with Crippen LogP contribution in [0.1, 0.15) is 67.3 Å². The molecule has 7 rings (SSSR count). The molecule has 3 saturated heterocycles. The number of likely N-dealkylation sites (tertiary alicyclic amines) is 3. The lowest BCUT2D eigenvalue weighted by atomic mass is 9.90. The highest BCUT2D eigenvalue weighted by molar-refractivity contribution is 8.00. The van der Waals surface area contributed by atoms with Crippen LogP contribution in [0.2, 0.25) is 0 Å². The largest absolute Gasteiger partial charge is 0.417 e. The van der Waals surface area contributed by atoms with E-state index in [0.717, 1.165) is 94.6 Å². The average Bonchev–Trinajstić information content (AvgIpc) is 3.77. The van der Waals surface area contributed by atoms with Crippen molar-refractivity contribution in [1.29, 1.82) is 0 Å². The zero-order valence-corrected chi connectivity index (χ0v) is 33.1. The summed E-state index contributed by atoms with van der Waals surface area (Å²) in [4.78, 5) is 31.7. The first-order chi connectivity index (χ1) is 26.3. The summed E-state index contributed by atoms with van der Waals surface area (Å²) >= 11 is 0.895. The first-order valence-electron chi connectivity index (χ1n) is 19.5. The number of piperidine rings is 2. The van der Waals surface area contributed by atoms with Crippen molar-refractivity contribution in [2.45, 2.75) is 88.0 Å². The molecule has 4 aliphatic rings. The monoisotopic (exact) mass is 800 g/mol. The van der Waals surface area contributed by atoms with Gasteiger partial charge in [-0.15, -0.1) is 11.8 Å². The van der Waals surface area contributed by atoms with Gasteiger partial charge in [0.15, 0.2) is 0 Å². The maximum atomic E-state index is 14.3. The number of rotatable bonds is 12. The van der Waals surface area contributed by atoms with E-state index in [1.54, 1.807) is 4.90 Å². The Balaban J connectivity index is 1.04. The van der Waals surface area contributed by atoms with Gasteiger partial charge < -0.3 is 14.7 Å². The van der Waals surface area contributed by atoms with E-state index >= 15 is 0 Å². The van der Waals surface area contributed by atoms with Gasteiger partial charge in [-0.25, -0.2) is 8.42 Å². The fourth-order valence-electron chi connectivity index (χ4n) is 8.71. The smallest absolute Gasteiger partial charge is 0.342 e. The molecule has 0 radical (unpaired) electrons. The molecule has 55 heavy (non-hydrogen) atoms. The predicted octanol–water partition coefficient (Wildman–Crippen LogP) is 5.94. The molecule has 0 aliphatic carbocycles. The number of aromatic nitrogens is 2. The Morgan fingerprint density at radius 3 is 2.35 bits per heavy atom. The molecule has 2 amide bonds. The summed E-state index contributed by atoms with van der Waals surface area (Å²) in [7, 11) is -3.52. The van der Waals surface area contributed by atoms with Crippen LogP contribution in [0.15, 0.2) is 53.4 Å². The summed E-state index contributed by atoms with van der Waals surface area (Å²) in [6.45, 7) is 5.70. The van der Waals surface area contributed by atoms with Crippen molar-refractivity contribution in [3.63, 3.8) is 0 Å². The predicted molar refractivity (Wildman–Crippen MR) is 207 cm³/mol. The van der Waals surface area contributed by atoms with Crippen LogP contribution in [-0.2, 0) is 51.7 Å². The van der Waals surface area contributed by atoms with E-state index in [-0.39, 0.29) is 29.0 Å². The van der Waals surface area contributed by atoms with Crippen LogP contribution < -0.4 is 0 Å². The van der Waals surface area contributed by atoms with Crippen molar-refractivity contribution < 1.29 is 31.2 Å². The Morgan fingerprint density at radius 2 is 1.67 bits per heavy atom. The Morgan fingerprint density at radius 1 is 0.927 bits per heavy atom. The molecule has 3 aromatic rings. The number of hydrogen-bond acceptors (Lipinski definition) is 7. The van der Waals surface area contributed by atoms with Crippen molar-refractivity contribution in [2.75, 3.05) is 57.8 Å². The Kier molecular flexibility index (Phi) is 12.3. The summed E-state index contributed by atoms with van der Waals surface area (Å²) in [6, 6.07) is 14.5. The van der Waals surface area contributed by atoms with E-state index in [4.69, 9.17) is 5.10 Å². The molecule has 0 bridgehead atoms. The molecule has 1 aromatic heterocycles. The lowest BCUT2D eigenvalue weighted by Crippen LogP contribution is -2.45. The van der Waals surface area contributed by atoms with Crippen LogP contribution in [0.3, 0.4) is 0 Å². The van der Waals surface area contributed by atoms with Crippen molar-refractivity contribution in [3.8, 4) is 11.3 Å². The van der Waals surface area contributed by atoms with Gasteiger partial charge in [-0.05, 0) is 75.1 Å². The third-order valence-corrected chi connectivity index (χ3v) is 14.1. The molecule has 0 saturated carbocycles. The highest BCUT2D eigenvalue weighted by Crippen LogP contribution is 2.40. The number of carbonyl (C=O) groups is 2. The normalized spacial score (nSPS) is 19.7. The first kappa shape index (κ1) is 39.8. The van der Waals surface area contributed by atoms with E-state index in [0.29, 0.717) is 67.8 Å². The van der Waals surface area contributed by atoms with Crippen LogP contribution in [0.25, 0.3) is 11.3 Å². The molecule has 298 valence electrons. The number of nitrogens with zero attached hydrogens (tertiary/aromatic N) is 6. The third-order valence-electron chi connectivity index (χ3n) is 11.8. The van der Waals surface area contributed by atoms with Crippen LogP contribution >= 0.6 is 11.8 Å². The second-order valence-electron chi connectivity index (χ2n) is 15.5. The number of sulfonamides is 1. The van der Waals surface area contributed by atoms with E-state index in [1.807, 2.05) is 22.9 Å². The van der Waals surface area contributed by atoms with Crippen LogP contribution in [-0.4, -0.2) is 113 Å². The molecule has 0 unspecified atom stereocenters. The minimum Gasteiger partial charge on any atom is -0.342 e. The third kappa shape index (κ3) is 9.60. The molecule has 0 atom stereocenters. The second-order valence-corrected chi connectivity index (χ2v) is 18.5. The maximum absolute atomic E-state index is 14.3. The van der Waals surface area contributed by atoms with Crippen LogP contribution in [0.4, 0.5) is 13.2 Å². The van der Waals surface area contributed by atoms with Crippen molar-refractivity contribution in [2.24, 2.45) is 5.92 Å².